The largest absolute Gasteiger partial charge is 0.324 e. The van der Waals surface area contributed by atoms with E-state index in [1.807, 2.05) is 0 Å². The lowest BCUT2D eigenvalue weighted by atomic mass is 9.98. The fourth-order valence-corrected chi connectivity index (χ4v) is 2.21. The molecule has 1 aromatic carbocycles. The molecule has 0 amide bonds. The number of hydrogen-bond donors (Lipinski definition) is 2. The third kappa shape index (κ3) is 1.46. The predicted molar refractivity (Wildman–Crippen MR) is 60.5 cm³/mol. The van der Waals surface area contributed by atoms with Crippen LogP contribution in [0.1, 0.15) is 16.1 Å². The molecule has 18 heavy (non-hydrogen) atoms. The number of benzene rings is 1. The second-order valence-electron chi connectivity index (χ2n) is 4.15. The second kappa shape index (κ2) is 3.71. The number of H-pyrrole nitrogens is 1. The number of halogens is 2. The van der Waals surface area contributed by atoms with Crippen LogP contribution in [0.4, 0.5) is 8.78 Å². The van der Waals surface area contributed by atoms with Gasteiger partial charge in [0.25, 0.3) is 5.56 Å². The number of rotatable bonds is 0. The number of fused-ring (bicyclic) bond motifs is 3. The van der Waals surface area contributed by atoms with E-state index in [4.69, 9.17) is 0 Å². The minimum atomic E-state index is -1.10. The predicted octanol–water partition coefficient (Wildman–Crippen LogP) is 1.09. The van der Waals surface area contributed by atoms with Crippen molar-refractivity contribution in [3.8, 4) is 0 Å². The Morgan fingerprint density at radius 1 is 1.00 bits per heavy atom. The number of nitrogens with one attached hydrogen (secondary N) is 2. The standard InChI is InChI=1S/C12H8F2N2O2/c13-7-1-5-6(2-8(7)14)12(18)16-9-3-15-4-10(17)11(5)9/h1-2,15H,3-4H2,(H,16,18). The highest BCUT2D eigenvalue weighted by Gasteiger charge is 2.22. The van der Waals surface area contributed by atoms with Gasteiger partial charge < -0.3 is 10.3 Å². The number of carbonyl (C=O) groups excluding carboxylic acids is 1. The summed E-state index contributed by atoms with van der Waals surface area (Å²) >= 11 is 0. The Bertz CT molecular complexity index is 737. The van der Waals surface area contributed by atoms with Crippen LogP contribution < -0.4 is 10.9 Å². The monoisotopic (exact) mass is 250 g/mol. The Kier molecular flexibility index (Phi) is 2.27. The Balaban J connectivity index is 2.50. The molecule has 1 aromatic heterocycles. The summed E-state index contributed by atoms with van der Waals surface area (Å²) in [6.07, 6.45) is 0. The summed E-state index contributed by atoms with van der Waals surface area (Å²) in [7, 11) is 0. The van der Waals surface area contributed by atoms with Crippen molar-refractivity contribution < 1.29 is 13.6 Å². The Morgan fingerprint density at radius 2 is 1.67 bits per heavy atom. The molecule has 0 saturated carbocycles. The maximum atomic E-state index is 13.3. The van der Waals surface area contributed by atoms with Crippen molar-refractivity contribution in [1.82, 2.24) is 10.3 Å². The van der Waals surface area contributed by atoms with Gasteiger partial charge in [0.05, 0.1) is 11.9 Å². The Morgan fingerprint density at radius 3 is 2.39 bits per heavy atom. The third-order valence-electron chi connectivity index (χ3n) is 3.01. The van der Waals surface area contributed by atoms with E-state index in [0.717, 1.165) is 12.1 Å². The number of hydrogen-bond acceptors (Lipinski definition) is 3. The molecule has 0 bridgehead atoms. The van der Waals surface area contributed by atoms with E-state index < -0.39 is 17.2 Å². The first kappa shape index (κ1) is 11.0. The van der Waals surface area contributed by atoms with Crippen molar-refractivity contribution in [3.05, 3.63) is 45.4 Å². The number of ketones is 1. The van der Waals surface area contributed by atoms with Crippen molar-refractivity contribution in [2.75, 3.05) is 6.54 Å². The molecule has 0 fully saturated rings. The summed E-state index contributed by atoms with van der Waals surface area (Å²) in [6, 6.07) is 1.72. The van der Waals surface area contributed by atoms with Crippen molar-refractivity contribution in [2.45, 2.75) is 6.54 Å². The van der Waals surface area contributed by atoms with Crippen LogP contribution in [0.25, 0.3) is 10.8 Å². The average Bonchev–Trinajstić information content (AvgIpc) is 2.32. The van der Waals surface area contributed by atoms with Crippen molar-refractivity contribution in [1.29, 1.82) is 0 Å². The van der Waals surface area contributed by atoms with E-state index in [-0.39, 0.29) is 28.7 Å². The quantitative estimate of drug-likeness (QED) is 0.735. The second-order valence-corrected chi connectivity index (χ2v) is 4.15. The zero-order chi connectivity index (χ0) is 12.9. The number of aromatic nitrogens is 1. The lowest BCUT2D eigenvalue weighted by Crippen LogP contribution is -2.32. The van der Waals surface area contributed by atoms with Gasteiger partial charge in [-0.3, -0.25) is 9.59 Å². The van der Waals surface area contributed by atoms with Crippen LogP contribution in [0.15, 0.2) is 16.9 Å². The molecule has 0 radical (unpaired) electrons. The molecule has 0 spiro atoms. The molecule has 1 aliphatic heterocycles. The summed E-state index contributed by atoms with van der Waals surface area (Å²) < 4.78 is 26.4. The van der Waals surface area contributed by atoms with Crippen LogP contribution in [0.2, 0.25) is 0 Å². The summed E-state index contributed by atoms with van der Waals surface area (Å²) in [4.78, 5) is 26.1. The van der Waals surface area contributed by atoms with Crippen LogP contribution in [-0.4, -0.2) is 17.3 Å². The zero-order valence-electron chi connectivity index (χ0n) is 9.14. The Hall–Kier alpha value is -2.08. The summed E-state index contributed by atoms with van der Waals surface area (Å²) in [5.41, 5.74) is 0.149. The van der Waals surface area contributed by atoms with Gasteiger partial charge in [-0.05, 0) is 12.1 Å². The molecule has 6 heteroatoms. The van der Waals surface area contributed by atoms with E-state index in [2.05, 4.69) is 10.3 Å². The summed E-state index contributed by atoms with van der Waals surface area (Å²) in [5.74, 6) is -2.42. The highest BCUT2D eigenvalue weighted by atomic mass is 19.2. The molecule has 1 aliphatic rings. The van der Waals surface area contributed by atoms with Gasteiger partial charge in [-0.25, -0.2) is 8.78 Å². The molecule has 4 nitrogen and oxygen atoms in total. The highest BCUT2D eigenvalue weighted by Crippen LogP contribution is 2.23. The first-order valence-corrected chi connectivity index (χ1v) is 5.36. The van der Waals surface area contributed by atoms with Crippen LogP contribution >= 0.6 is 0 Å². The Labute approximate surface area is 99.6 Å². The lowest BCUT2D eigenvalue weighted by Gasteiger charge is -2.17. The maximum Gasteiger partial charge on any atom is 0.256 e. The van der Waals surface area contributed by atoms with Crippen LogP contribution in [0, 0.1) is 11.6 Å². The van der Waals surface area contributed by atoms with Crippen LogP contribution in [-0.2, 0) is 6.54 Å². The van der Waals surface area contributed by atoms with E-state index >= 15 is 0 Å². The van der Waals surface area contributed by atoms with Crippen molar-refractivity contribution >= 4 is 16.6 Å². The third-order valence-corrected chi connectivity index (χ3v) is 3.01. The molecular weight excluding hydrogens is 242 g/mol. The topological polar surface area (TPSA) is 62.0 Å². The van der Waals surface area contributed by atoms with Gasteiger partial charge in [0, 0.05) is 23.2 Å². The minimum absolute atomic E-state index is 0.0112. The van der Waals surface area contributed by atoms with Crippen molar-refractivity contribution in [3.63, 3.8) is 0 Å². The SMILES string of the molecule is O=C1CNCc2[nH]c(=O)c3cc(F)c(F)cc3c21. The van der Waals surface area contributed by atoms with Crippen molar-refractivity contribution in [2.24, 2.45) is 0 Å². The fourth-order valence-electron chi connectivity index (χ4n) is 2.21. The zero-order valence-corrected chi connectivity index (χ0v) is 9.14. The molecule has 0 aliphatic carbocycles. The normalized spacial score (nSPS) is 14.9. The van der Waals surface area contributed by atoms with Gasteiger partial charge >= 0.3 is 0 Å². The number of pyridine rings is 1. The van der Waals surface area contributed by atoms with E-state index in [1.165, 1.54) is 0 Å². The number of Topliss-reactive ketones (excluding diaryl/α,β-unsaturated/α-hetero) is 1. The molecule has 0 atom stereocenters. The molecule has 0 unspecified atom stereocenters. The summed E-state index contributed by atoms with van der Waals surface area (Å²) in [5, 5.41) is 2.98. The highest BCUT2D eigenvalue weighted by molar-refractivity contribution is 6.10. The lowest BCUT2D eigenvalue weighted by molar-refractivity contribution is 0.0983. The van der Waals surface area contributed by atoms with Gasteiger partial charge in [0.15, 0.2) is 17.4 Å². The molecule has 0 saturated heterocycles. The van der Waals surface area contributed by atoms with Gasteiger partial charge in [0.2, 0.25) is 0 Å². The first-order chi connectivity index (χ1) is 8.58. The summed E-state index contributed by atoms with van der Waals surface area (Å²) in [6.45, 7) is 0.443. The van der Waals surface area contributed by atoms with E-state index in [0.29, 0.717) is 12.2 Å². The minimum Gasteiger partial charge on any atom is -0.324 e. The van der Waals surface area contributed by atoms with E-state index in [1.54, 1.807) is 0 Å². The maximum absolute atomic E-state index is 13.3. The molecule has 3 rings (SSSR count). The number of carbonyl (C=O) groups is 1. The molecule has 2 aromatic rings. The average molecular weight is 250 g/mol. The smallest absolute Gasteiger partial charge is 0.256 e. The molecule has 92 valence electrons. The molecule has 2 heterocycles. The first-order valence-electron chi connectivity index (χ1n) is 5.36. The van der Waals surface area contributed by atoms with Gasteiger partial charge in [0.1, 0.15) is 0 Å². The van der Waals surface area contributed by atoms with Gasteiger partial charge in [-0.15, -0.1) is 0 Å². The van der Waals surface area contributed by atoms with Crippen LogP contribution in [0.3, 0.4) is 0 Å². The van der Waals surface area contributed by atoms with E-state index in [9.17, 15) is 18.4 Å². The fraction of sp³-hybridized carbons (Fsp3) is 0.167. The van der Waals surface area contributed by atoms with Crippen LogP contribution in [0.5, 0.6) is 0 Å². The van der Waals surface area contributed by atoms with Gasteiger partial charge in [-0.2, -0.15) is 0 Å². The molecule has 2 N–H and O–H groups in total. The van der Waals surface area contributed by atoms with Gasteiger partial charge in [-0.1, -0.05) is 0 Å². The molecular formula is C12H8F2N2O2. The number of aromatic amines is 1.